The molecule has 1 fully saturated rings. The van der Waals surface area contributed by atoms with Crippen molar-refractivity contribution in [3.05, 3.63) is 82.8 Å². The molecule has 0 saturated carbocycles. The Morgan fingerprint density at radius 3 is 2.90 bits per heavy atom. The Kier molecular flexibility index (Phi) is 5.14. The Balaban J connectivity index is 1.31. The van der Waals surface area contributed by atoms with Crippen LogP contribution in [-0.4, -0.2) is 22.3 Å². The number of furan rings is 1. The van der Waals surface area contributed by atoms with Crippen LogP contribution in [0.15, 0.2) is 65.1 Å². The summed E-state index contributed by atoms with van der Waals surface area (Å²) in [6, 6.07) is 20.6. The van der Waals surface area contributed by atoms with Gasteiger partial charge in [0.15, 0.2) is 5.76 Å². The van der Waals surface area contributed by atoms with Crippen molar-refractivity contribution in [1.29, 1.82) is 5.26 Å². The van der Waals surface area contributed by atoms with E-state index in [1.807, 2.05) is 29.2 Å². The zero-order valence-electron chi connectivity index (χ0n) is 16.7. The summed E-state index contributed by atoms with van der Waals surface area (Å²) in [6.07, 6.45) is 1.83. The topological polar surface area (TPSA) is 79.4 Å². The molecule has 1 saturated heterocycles. The zero-order valence-corrected chi connectivity index (χ0v) is 17.5. The number of nitriles is 1. The molecule has 31 heavy (non-hydrogen) atoms. The third-order valence-electron chi connectivity index (χ3n) is 5.36. The first-order valence-corrected chi connectivity index (χ1v) is 10.9. The largest absolute Gasteiger partial charge is 0.484 e. The van der Waals surface area contributed by atoms with Gasteiger partial charge in [0.2, 0.25) is 0 Å². The standard InChI is InChI=1S/C24H19N3O3S/c25-14-16-6-1-3-9-20(16)29-15-17-11-12-21(30-17)24(28)27-13-5-8-19(27)23-26-18-7-2-4-10-22(18)31-23/h1-4,6-7,9-12,19H,5,8,13,15H2. The molecule has 0 spiro atoms. The van der Waals surface area contributed by atoms with Crippen LogP contribution in [0.5, 0.6) is 5.75 Å². The lowest BCUT2D eigenvalue weighted by atomic mass is 10.2. The van der Waals surface area contributed by atoms with Crippen LogP contribution in [0.4, 0.5) is 0 Å². The molecule has 5 rings (SSSR count). The number of thiazole rings is 1. The molecule has 0 N–H and O–H groups in total. The summed E-state index contributed by atoms with van der Waals surface area (Å²) in [5, 5.41) is 10.1. The van der Waals surface area contributed by atoms with Gasteiger partial charge in [-0.3, -0.25) is 4.79 Å². The van der Waals surface area contributed by atoms with Gasteiger partial charge < -0.3 is 14.1 Å². The van der Waals surface area contributed by atoms with E-state index in [9.17, 15) is 10.1 Å². The lowest BCUT2D eigenvalue weighted by Gasteiger charge is -2.21. The van der Waals surface area contributed by atoms with Crippen LogP contribution in [0.1, 0.15) is 45.8 Å². The summed E-state index contributed by atoms with van der Waals surface area (Å²) >= 11 is 1.64. The first-order chi connectivity index (χ1) is 15.2. The predicted octanol–water partition coefficient (Wildman–Crippen LogP) is 5.32. The number of carbonyl (C=O) groups excluding carboxylic acids is 1. The minimum absolute atomic E-state index is 0.0304. The lowest BCUT2D eigenvalue weighted by molar-refractivity contribution is 0.0699. The van der Waals surface area contributed by atoms with E-state index >= 15 is 0 Å². The number of fused-ring (bicyclic) bond motifs is 1. The van der Waals surface area contributed by atoms with Crippen molar-refractivity contribution in [2.24, 2.45) is 0 Å². The van der Waals surface area contributed by atoms with Crippen LogP contribution in [0.2, 0.25) is 0 Å². The minimum Gasteiger partial charge on any atom is -0.484 e. The van der Waals surface area contributed by atoms with Gasteiger partial charge in [-0.05, 0) is 49.2 Å². The molecule has 1 amide bonds. The minimum atomic E-state index is -0.134. The Morgan fingerprint density at radius 1 is 1.19 bits per heavy atom. The average Bonchev–Trinajstić information content (AvgIpc) is 3.56. The first-order valence-electron chi connectivity index (χ1n) is 10.1. The highest BCUT2D eigenvalue weighted by Gasteiger charge is 2.34. The normalized spacial score (nSPS) is 15.8. The zero-order chi connectivity index (χ0) is 21.2. The van der Waals surface area contributed by atoms with Crippen LogP contribution >= 0.6 is 11.3 Å². The molecule has 1 atom stereocenters. The van der Waals surface area contributed by atoms with Crippen LogP contribution in [0.3, 0.4) is 0 Å². The highest BCUT2D eigenvalue weighted by Crippen LogP contribution is 2.37. The first kappa shape index (κ1) is 19.3. The number of nitrogens with zero attached hydrogens (tertiary/aromatic N) is 3. The van der Waals surface area contributed by atoms with Gasteiger partial charge in [-0.1, -0.05) is 24.3 Å². The van der Waals surface area contributed by atoms with E-state index in [0.29, 0.717) is 29.4 Å². The predicted molar refractivity (Wildman–Crippen MR) is 117 cm³/mol. The van der Waals surface area contributed by atoms with E-state index in [2.05, 4.69) is 12.1 Å². The highest BCUT2D eigenvalue weighted by molar-refractivity contribution is 7.18. The molecule has 1 aliphatic heterocycles. The number of rotatable bonds is 5. The molecule has 2 aromatic carbocycles. The number of aromatic nitrogens is 1. The van der Waals surface area contributed by atoms with Crippen molar-refractivity contribution >= 4 is 27.5 Å². The maximum absolute atomic E-state index is 13.2. The number of amides is 1. The number of carbonyl (C=O) groups is 1. The Hall–Kier alpha value is -3.63. The fourth-order valence-corrected chi connectivity index (χ4v) is 4.96. The molecule has 0 aliphatic carbocycles. The van der Waals surface area contributed by atoms with Crippen LogP contribution in [0.25, 0.3) is 10.2 Å². The monoisotopic (exact) mass is 429 g/mol. The number of likely N-dealkylation sites (tertiary alicyclic amines) is 1. The number of para-hydroxylation sites is 2. The third-order valence-corrected chi connectivity index (χ3v) is 6.50. The maximum atomic E-state index is 13.2. The summed E-state index contributed by atoms with van der Waals surface area (Å²) in [6.45, 7) is 0.828. The maximum Gasteiger partial charge on any atom is 0.290 e. The Morgan fingerprint density at radius 2 is 2.03 bits per heavy atom. The van der Waals surface area contributed by atoms with Crippen molar-refractivity contribution in [2.45, 2.75) is 25.5 Å². The summed E-state index contributed by atoms with van der Waals surface area (Å²) in [5.41, 5.74) is 1.43. The molecule has 1 aliphatic rings. The van der Waals surface area contributed by atoms with Gasteiger partial charge in [-0.15, -0.1) is 11.3 Å². The van der Waals surface area contributed by atoms with E-state index < -0.39 is 0 Å². The van der Waals surface area contributed by atoms with Gasteiger partial charge in [0.25, 0.3) is 5.91 Å². The van der Waals surface area contributed by atoms with Crippen molar-refractivity contribution in [3.63, 3.8) is 0 Å². The van der Waals surface area contributed by atoms with E-state index in [1.54, 1.807) is 41.7 Å². The SMILES string of the molecule is N#Cc1ccccc1OCc1ccc(C(=O)N2CCCC2c2nc3ccccc3s2)o1. The molecule has 3 heterocycles. The van der Waals surface area contributed by atoms with E-state index in [0.717, 1.165) is 28.1 Å². The summed E-state index contributed by atoms with van der Waals surface area (Å²) in [5.74, 6) is 1.18. The quantitative estimate of drug-likeness (QED) is 0.429. The number of hydrogen-bond donors (Lipinski definition) is 0. The van der Waals surface area contributed by atoms with Crippen molar-refractivity contribution in [1.82, 2.24) is 9.88 Å². The Bertz CT molecular complexity index is 1250. The van der Waals surface area contributed by atoms with Crippen LogP contribution in [0, 0.1) is 11.3 Å². The second-order valence-corrected chi connectivity index (χ2v) is 8.40. The van der Waals surface area contributed by atoms with Gasteiger partial charge >= 0.3 is 0 Å². The molecule has 0 radical (unpaired) electrons. The van der Waals surface area contributed by atoms with Gasteiger partial charge in [-0.2, -0.15) is 5.26 Å². The van der Waals surface area contributed by atoms with Crippen molar-refractivity contribution < 1.29 is 13.9 Å². The molecule has 6 nitrogen and oxygen atoms in total. The second kappa shape index (κ2) is 8.25. The molecule has 7 heteroatoms. The highest BCUT2D eigenvalue weighted by atomic mass is 32.1. The third kappa shape index (κ3) is 3.78. The fraction of sp³-hybridized carbons (Fsp3) is 0.208. The molecule has 0 bridgehead atoms. The fourth-order valence-electron chi connectivity index (χ4n) is 3.84. The average molecular weight is 430 g/mol. The van der Waals surface area contributed by atoms with Gasteiger partial charge in [0.05, 0.1) is 21.8 Å². The van der Waals surface area contributed by atoms with E-state index in [-0.39, 0.29) is 18.6 Å². The summed E-state index contributed by atoms with van der Waals surface area (Å²) < 4.78 is 12.6. The number of benzene rings is 2. The summed E-state index contributed by atoms with van der Waals surface area (Å²) in [4.78, 5) is 19.8. The van der Waals surface area contributed by atoms with Gasteiger partial charge in [0.1, 0.15) is 29.2 Å². The molecule has 2 aromatic heterocycles. The van der Waals surface area contributed by atoms with E-state index in [1.165, 1.54) is 0 Å². The smallest absolute Gasteiger partial charge is 0.290 e. The second-order valence-electron chi connectivity index (χ2n) is 7.34. The van der Waals surface area contributed by atoms with E-state index in [4.69, 9.17) is 14.1 Å². The van der Waals surface area contributed by atoms with Gasteiger partial charge in [0, 0.05) is 6.54 Å². The number of ether oxygens (including phenoxy) is 1. The molecule has 154 valence electrons. The molecular formula is C24H19N3O3S. The number of hydrogen-bond acceptors (Lipinski definition) is 6. The molecular weight excluding hydrogens is 410 g/mol. The van der Waals surface area contributed by atoms with Crippen molar-refractivity contribution in [3.8, 4) is 11.8 Å². The molecule has 1 unspecified atom stereocenters. The molecule has 4 aromatic rings. The lowest BCUT2D eigenvalue weighted by Crippen LogP contribution is -2.30. The van der Waals surface area contributed by atoms with Crippen LogP contribution < -0.4 is 4.74 Å². The Labute approximate surface area is 183 Å². The van der Waals surface area contributed by atoms with Crippen molar-refractivity contribution in [2.75, 3.05) is 6.54 Å². The van der Waals surface area contributed by atoms with Crippen LogP contribution in [-0.2, 0) is 6.61 Å². The van der Waals surface area contributed by atoms with Gasteiger partial charge in [-0.25, -0.2) is 4.98 Å². The summed E-state index contributed by atoms with van der Waals surface area (Å²) in [7, 11) is 0.